The molecule has 5 N–H and O–H groups in total. The van der Waals surface area contributed by atoms with Crippen molar-refractivity contribution in [2.45, 2.75) is 166 Å². The molecule has 15 heteroatoms. The van der Waals surface area contributed by atoms with Crippen molar-refractivity contribution in [1.82, 2.24) is 0 Å². The molecule has 15 nitrogen and oxygen atoms in total. The first kappa shape index (κ1) is 46.0. The van der Waals surface area contributed by atoms with Crippen LogP contribution < -0.4 is 4.74 Å². The van der Waals surface area contributed by atoms with E-state index in [2.05, 4.69) is 19.9 Å². The van der Waals surface area contributed by atoms with Gasteiger partial charge in [-0.15, -0.1) is 0 Å². The quantitative estimate of drug-likeness (QED) is 0.141. The first-order valence-corrected chi connectivity index (χ1v) is 22.2. The molecule has 1 aromatic carbocycles. The normalized spacial score (nSPS) is 42.5. The Bertz CT molecular complexity index is 1770. The summed E-state index contributed by atoms with van der Waals surface area (Å²) in [6.07, 6.45) is -4.23. The van der Waals surface area contributed by atoms with Crippen LogP contribution in [-0.4, -0.2) is 131 Å². The number of aliphatic hydroxyl groups is 5. The van der Waals surface area contributed by atoms with Gasteiger partial charge in [-0.3, -0.25) is 9.59 Å². The summed E-state index contributed by atoms with van der Waals surface area (Å²) >= 11 is 0. The van der Waals surface area contributed by atoms with Crippen LogP contribution in [0.3, 0.4) is 0 Å². The van der Waals surface area contributed by atoms with E-state index in [1.807, 2.05) is 6.92 Å². The molecule has 1 aromatic rings. The number of unbranched alkanes of at least 4 members (excludes halogenated alkanes) is 1. The SMILES string of the molecule is CCCCC(=O)[C@@H](C)[C@@]1(O)[C@@H](O[C@@H]2OC[C@H](O)[C@H](O[C@@H]3OC[C@@H](O)[C@H](O)[C@H]3OC(=O)c3ccc(OC)cc3)[C@H]2OC(C)=O)C[C@H]2[C@@H]3CC=C4C[C@@H](O)CC[C@]4(C)[C@H]3CC[C@@]21C. The van der Waals surface area contributed by atoms with Gasteiger partial charge in [0.05, 0.1) is 38.1 Å². The Kier molecular flexibility index (Phi) is 13.8. The van der Waals surface area contributed by atoms with Gasteiger partial charge in [-0.05, 0) is 98.8 Å². The number of allylic oxidation sites excluding steroid dienone is 1. The molecule has 0 spiro atoms. The van der Waals surface area contributed by atoms with Gasteiger partial charge in [0.15, 0.2) is 24.8 Å². The molecule has 0 radical (unpaired) electrons. The zero-order chi connectivity index (χ0) is 44.0. The van der Waals surface area contributed by atoms with E-state index in [0.29, 0.717) is 43.8 Å². The Morgan fingerprint density at radius 3 is 2.25 bits per heavy atom. The second-order valence-electron chi connectivity index (χ2n) is 18.9. The summed E-state index contributed by atoms with van der Waals surface area (Å²) in [5, 5.41) is 56.9. The number of carbonyl (C=O) groups excluding carboxylic acids is 3. The second kappa shape index (κ2) is 18.2. The largest absolute Gasteiger partial charge is 0.497 e. The van der Waals surface area contributed by atoms with Crippen LogP contribution in [-0.2, 0) is 38.0 Å². The molecule has 5 fully saturated rings. The molecule has 2 saturated heterocycles. The highest BCUT2D eigenvalue weighted by Gasteiger charge is 2.70. The minimum absolute atomic E-state index is 0.0535. The summed E-state index contributed by atoms with van der Waals surface area (Å²) in [5.41, 5.74) is -1.06. The average molecular weight is 859 g/mol. The lowest BCUT2D eigenvalue weighted by atomic mass is 9.46. The Labute approximate surface area is 358 Å². The van der Waals surface area contributed by atoms with Gasteiger partial charge in [-0.1, -0.05) is 45.8 Å². The number of ether oxygens (including phenoxy) is 7. The fourth-order valence-electron chi connectivity index (χ4n) is 12.0. The summed E-state index contributed by atoms with van der Waals surface area (Å²) < 4.78 is 41.6. The van der Waals surface area contributed by atoms with E-state index in [9.17, 15) is 39.9 Å². The number of rotatable bonds is 13. The lowest BCUT2D eigenvalue weighted by Crippen LogP contribution is -2.64. The van der Waals surface area contributed by atoms with Crippen LogP contribution in [0.5, 0.6) is 5.75 Å². The minimum atomic E-state index is -1.66. The number of benzene rings is 1. The van der Waals surface area contributed by atoms with E-state index in [-0.39, 0.29) is 41.3 Å². The lowest BCUT2D eigenvalue weighted by Gasteiger charge is -2.59. The lowest BCUT2D eigenvalue weighted by molar-refractivity contribution is -0.345. The molecule has 4 aliphatic carbocycles. The van der Waals surface area contributed by atoms with Crippen molar-refractivity contribution < 1.29 is 73.1 Å². The van der Waals surface area contributed by atoms with E-state index in [1.54, 1.807) is 19.1 Å². The summed E-state index contributed by atoms with van der Waals surface area (Å²) in [6.45, 7) is 8.61. The monoisotopic (exact) mass is 858 g/mol. The zero-order valence-electron chi connectivity index (χ0n) is 36.3. The third-order valence-corrected chi connectivity index (χ3v) is 15.6. The van der Waals surface area contributed by atoms with Gasteiger partial charge in [-0.25, -0.2) is 4.79 Å². The van der Waals surface area contributed by atoms with Gasteiger partial charge in [0.25, 0.3) is 0 Å². The number of Topliss-reactive ketones (excluding diaryl/α,β-unsaturated/α-hetero) is 1. The predicted octanol–water partition coefficient (Wildman–Crippen LogP) is 3.78. The van der Waals surface area contributed by atoms with Crippen molar-refractivity contribution in [2.24, 2.45) is 34.5 Å². The van der Waals surface area contributed by atoms with E-state index in [0.717, 1.165) is 32.1 Å². The van der Waals surface area contributed by atoms with Crippen LogP contribution in [0, 0.1) is 34.5 Å². The molecule has 2 heterocycles. The second-order valence-corrected chi connectivity index (χ2v) is 18.9. The standard InChI is InChI=1S/C46H66O15/c1-7-8-9-33(49)24(2)46(54)36(21-32-30-15-12-27-20-28(48)16-18-44(27,4)31(30)17-19-45(32,46)5)59-43-40(58-25(3)47)38(35(51)23-57-43)61-42-39(37(52)34(50)22-56-42)60-41(53)26-10-13-29(55-6)14-11-26/h10-14,24,28,30-32,34-40,42-43,48,50-52,54H,7-9,15-23H2,1-6H3/t24-,28+,30-,31+,32+,34-,35+,36+,37+,38+,39-,40-,42+,43+,44+,45+,46-/m1/s1. The van der Waals surface area contributed by atoms with Gasteiger partial charge < -0.3 is 58.7 Å². The summed E-state index contributed by atoms with van der Waals surface area (Å²) in [5.74, 6) is -1.55. The first-order chi connectivity index (χ1) is 29.0. The number of methoxy groups -OCH3 is 1. The topological polar surface area (TPSA) is 217 Å². The number of hydrogen-bond acceptors (Lipinski definition) is 15. The van der Waals surface area contributed by atoms with Crippen molar-refractivity contribution in [3.8, 4) is 5.75 Å². The number of ketones is 1. The smallest absolute Gasteiger partial charge is 0.338 e. The van der Waals surface area contributed by atoms with Crippen LogP contribution in [0.4, 0.5) is 0 Å². The number of fused-ring (bicyclic) bond motifs is 5. The highest BCUT2D eigenvalue weighted by Crippen LogP contribution is 2.69. The molecule has 2 aliphatic heterocycles. The average Bonchev–Trinajstić information content (AvgIpc) is 3.47. The summed E-state index contributed by atoms with van der Waals surface area (Å²) in [4.78, 5) is 40.1. The third kappa shape index (κ3) is 8.44. The van der Waals surface area contributed by atoms with Gasteiger partial charge in [0, 0.05) is 24.7 Å². The van der Waals surface area contributed by atoms with Crippen LogP contribution in [0.25, 0.3) is 0 Å². The van der Waals surface area contributed by atoms with E-state index in [4.69, 9.17) is 33.2 Å². The Morgan fingerprint density at radius 1 is 0.885 bits per heavy atom. The fraction of sp³-hybridized carbons (Fsp3) is 0.761. The number of aliphatic hydroxyl groups excluding tert-OH is 4. The van der Waals surface area contributed by atoms with E-state index in [1.165, 1.54) is 31.7 Å². The maximum atomic E-state index is 14.0. The summed E-state index contributed by atoms with van der Waals surface area (Å²) in [7, 11) is 1.48. The summed E-state index contributed by atoms with van der Waals surface area (Å²) in [6, 6.07) is 6.05. The van der Waals surface area contributed by atoms with Crippen LogP contribution in [0.1, 0.15) is 109 Å². The molecule has 17 atom stereocenters. The van der Waals surface area contributed by atoms with Crippen molar-refractivity contribution >= 4 is 17.7 Å². The number of carbonyl (C=O) groups is 3. The molecule has 0 bridgehead atoms. The highest BCUT2D eigenvalue weighted by molar-refractivity contribution is 5.89. The van der Waals surface area contributed by atoms with Gasteiger partial charge in [0.2, 0.25) is 0 Å². The molecule has 3 saturated carbocycles. The van der Waals surface area contributed by atoms with Gasteiger partial charge in [-0.2, -0.15) is 0 Å². The molecular formula is C46H66O15. The van der Waals surface area contributed by atoms with E-state index < -0.39 is 90.8 Å². The number of hydrogen-bond donors (Lipinski definition) is 5. The Balaban J connectivity index is 1.18. The highest BCUT2D eigenvalue weighted by atomic mass is 16.8. The van der Waals surface area contributed by atoms with Crippen LogP contribution >= 0.6 is 0 Å². The van der Waals surface area contributed by atoms with E-state index >= 15 is 0 Å². The molecule has 0 amide bonds. The van der Waals surface area contributed by atoms with Gasteiger partial charge in [0.1, 0.15) is 41.5 Å². The first-order valence-electron chi connectivity index (χ1n) is 22.2. The molecule has 6 aliphatic rings. The van der Waals surface area contributed by atoms with Crippen molar-refractivity contribution in [2.75, 3.05) is 20.3 Å². The molecule has 0 aromatic heterocycles. The zero-order valence-corrected chi connectivity index (χ0v) is 36.3. The van der Waals surface area contributed by atoms with Crippen molar-refractivity contribution in [3.63, 3.8) is 0 Å². The van der Waals surface area contributed by atoms with Crippen molar-refractivity contribution in [1.29, 1.82) is 0 Å². The maximum absolute atomic E-state index is 14.0. The fourth-order valence-corrected chi connectivity index (χ4v) is 12.0. The molecular weight excluding hydrogens is 792 g/mol. The van der Waals surface area contributed by atoms with Gasteiger partial charge >= 0.3 is 11.9 Å². The molecule has 340 valence electrons. The number of esters is 2. The molecule has 7 rings (SSSR count). The van der Waals surface area contributed by atoms with Crippen LogP contribution in [0.15, 0.2) is 35.9 Å². The third-order valence-electron chi connectivity index (χ3n) is 15.6. The molecule has 0 unspecified atom stereocenters. The van der Waals surface area contributed by atoms with Crippen molar-refractivity contribution in [3.05, 3.63) is 41.5 Å². The predicted molar refractivity (Wildman–Crippen MR) is 217 cm³/mol. The molecule has 61 heavy (non-hydrogen) atoms. The van der Waals surface area contributed by atoms with Crippen LogP contribution in [0.2, 0.25) is 0 Å². The maximum Gasteiger partial charge on any atom is 0.338 e. The Hall–Kier alpha value is -2.99. The minimum Gasteiger partial charge on any atom is -0.497 e. The Morgan fingerprint density at radius 2 is 1.57 bits per heavy atom.